The second kappa shape index (κ2) is 12.4. The first-order valence-electron chi connectivity index (χ1n) is 9.27. The lowest BCUT2D eigenvalue weighted by molar-refractivity contribution is -0.175. The average Bonchev–Trinajstić information content (AvgIpc) is 2.64. The number of benzene rings is 1. The second-order valence-electron chi connectivity index (χ2n) is 6.81. The number of aryl methyl sites for hydroxylation is 1. The highest BCUT2D eigenvalue weighted by Crippen LogP contribution is 2.15. The molecule has 2 N–H and O–H groups in total. The van der Waals surface area contributed by atoms with Crippen molar-refractivity contribution >= 4 is 24.3 Å². The Morgan fingerprint density at radius 2 is 1.83 bits per heavy atom. The van der Waals surface area contributed by atoms with E-state index in [1.54, 1.807) is 12.1 Å². The molecule has 2 amide bonds. The van der Waals surface area contributed by atoms with Gasteiger partial charge in [0.1, 0.15) is 18.3 Å². The Balaban J connectivity index is 2.55. The smallest absolute Gasteiger partial charge is 0.328 e. The zero-order valence-corrected chi connectivity index (χ0v) is 17.1. The van der Waals surface area contributed by atoms with Gasteiger partial charge in [-0.15, -0.1) is 0 Å². The summed E-state index contributed by atoms with van der Waals surface area (Å²) in [7, 11) is 0. The predicted molar refractivity (Wildman–Crippen MR) is 104 cm³/mol. The largest absolute Gasteiger partial charge is 0.484 e. The number of carbonyl (C=O) groups excluding carboxylic acids is 4. The third-order valence-electron chi connectivity index (χ3n) is 3.76. The fraction of sp³-hybridized carbons (Fsp3) is 0.500. The van der Waals surface area contributed by atoms with Crippen molar-refractivity contribution in [3.8, 4) is 5.75 Å². The third kappa shape index (κ3) is 9.59. The standard InChI is InChI=1S/C20H28N2O7/c1-13(2)9-16(20(26)21-10-19(25)29-15(4)28-12-23)22-18(24)11-27-17-8-6-5-7-14(17)3/h5-8,12-13,15-16H,9-11H2,1-4H3,(H,21,26)(H,22,24). The number of rotatable bonds is 12. The molecule has 0 aliphatic rings. The quantitative estimate of drug-likeness (QED) is 0.302. The van der Waals surface area contributed by atoms with Crippen LogP contribution in [0.15, 0.2) is 24.3 Å². The molecule has 2 atom stereocenters. The lowest BCUT2D eigenvalue weighted by Gasteiger charge is -2.20. The molecule has 0 spiro atoms. The fourth-order valence-electron chi connectivity index (χ4n) is 2.42. The minimum atomic E-state index is -1.05. The van der Waals surface area contributed by atoms with Gasteiger partial charge >= 0.3 is 5.97 Å². The van der Waals surface area contributed by atoms with Gasteiger partial charge in [-0.05, 0) is 30.9 Å². The van der Waals surface area contributed by atoms with Crippen LogP contribution in [0.25, 0.3) is 0 Å². The Bertz CT molecular complexity index is 706. The molecule has 160 valence electrons. The Morgan fingerprint density at radius 3 is 2.45 bits per heavy atom. The molecule has 0 aliphatic heterocycles. The molecule has 0 aromatic heterocycles. The minimum Gasteiger partial charge on any atom is -0.484 e. The maximum Gasteiger partial charge on any atom is 0.328 e. The zero-order chi connectivity index (χ0) is 21.8. The molecule has 29 heavy (non-hydrogen) atoms. The summed E-state index contributed by atoms with van der Waals surface area (Å²) in [4.78, 5) is 46.5. The summed E-state index contributed by atoms with van der Waals surface area (Å²) in [6.07, 6.45) is -0.677. The normalized spacial score (nSPS) is 12.4. The fourth-order valence-corrected chi connectivity index (χ4v) is 2.42. The number of esters is 1. The second-order valence-corrected chi connectivity index (χ2v) is 6.81. The maximum atomic E-state index is 12.4. The molecule has 0 radical (unpaired) electrons. The molecule has 0 aliphatic carbocycles. The molecule has 2 unspecified atom stereocenters. The van der Waals surface area contributed by atoms with Crippen molar-refractivity contribution in [3.05, 3.63) is 29.8 Å². The van der Waals surface area contributed by atoms with E-state index in [0.29, 0.717) is 12.2 Å². The van der Waals surface area contributed by atoms with Crippen LogP contribution in [0.4, 0.5) is 0 Å². The van der Waals surface area contributed by atoms with E-state index in [4.69, 9.17) is 9.47 Å². The van der Waals surface area contributed by atoms with Crippen molar-refractivity contribution in [2.75, 3.05) is 13.2 Å². The Hall–Kier alpha value is -3.10. The lowest BCUT2D eigenvalue weighted by atomic mass is 10.0. The Kier molecular flexibility index (Phi) is 10.2. The van der Waals surface area contributed by atoms with Crippen LogP contribution >= 0.6 is 0 Å². The third-order valence-corrected chi connectivity index (χ3v) is 3.76. The Morgan fingerprint density at radius 1 is 1.14 bits per heavy atom. The summed E-state index contributed by atoms with van der Waals surface area (Å²) in [5, 5.41) is 5.03. The summed E-state index contributed by atoms with van der Waals surface area (Å²) < 4.78 is 14.7. The molecule has 0 bridgehead atoms. The molecule has 9 nitrogen and oxygen atoms in total. The van der Waals surface area contributed by atoms with Gasteiger partial charge in [0.15, 0.2) is 6.61 Å². The van der Waals surface area contributed by atoms with Crippen LogP contribution in [0.2, 0.25) is 0 Å². The van der Waals surface area contributed by atoms with E-state index >= 15 is 0 Å². The number of hydrogen-bond donors (Lipinski definition) is 2. The summed E-state index contributed by atoms with van der Waals surface area (Å²) in [5.41, 5.74) is 0.892. The molecular weight excluding hydrogens is 380 g/mol. The Labute approximate surface area is 170 Å². The van der Waals surface area contributed by atoms with E-state index in [1.807, 2.05) is 32.9 Å². The van der Waals surface area contributed by atoms with E-state index in [-0.39, 0.29) is 19.0 Å². The lowest BCUT2D eigenvalue weighted by Crippen LogP contribution is -2.49. The topological polar surface area (TPSA) is 120 Å². The van der Waals surface area contributed by atoms with E-state index in [2.05, 4.69) is 15.4 Å². The summed E-state index contributed by atoms with van der Waals surface area (Å²) in [5.74, 6) is -1.04. The number of hydrogen-bond acceptors (Lipinski definition) is 7. The summed E-state index contributed by atoms with van der Waals surface area (Å²) in [6, 6.07) is 6.45. The number of carbonyl (C=O) groups is 4. The zero-order valence-electron chi connectivity index (χ0n) is 17.1. The van der Waals surface area contributed by atoms with Crippen molar-refractivity contribution in [1.82, 2.24) is 10.6 Å². The van der Waals surface area contributed by atoms with Gasteiger partial charge in [0.2, 0.25) is 12.2 Å². The summed E-state index contributed by atoms with van der Waals surface area (Å²) >= 11 is 0. The molecule has 9 heteroatoms. The van der Waals surface area contributed by atoms with Crippen molar-refractivity contribution < 1.29 is 33.4 Å². The van der Waals surface area contributed by atoms with Crippen LogP contribution in [0, 0.1) is 12.8 Å². The van der Waals surface area contributed by atoms with Crippen LogP contribution < -0.4 is 15.4 Å². The molecule has 1 rings (SSSR count). The van der Waals surface area contributed by atoms with Gasteiger partial charge in [-0.2, -0.15) is 0 Å². The van der Waals surface area contributed by atoms with Crippen molar-refractivity contribution in [3.63, 3.8) is 0 Å². The first kappa shape index (κ1) is 23.9. The molecule has 1 aromatic carbocycles. The van der Waals surface area contributed by atoms with Crippen molar-refractivity contribution in [2.45, 2.75) is 46.4 Å². The van der Waals surface area contributed by atoms with E-state index in [1.165, 1.54) is 6.92 Å². The van der Waals surface area contributed by atoms with E-state index in [0.717, 1.165) is 5.56 Å². The van der Waals surface area contributed by atoms with Gasteiger partial charge in [-0.3, -0.25) is 19.2 Å². The van der Waals surface area contributed by atoms with Crippen LogP contribution in [-0.4, -0.2) is 49.7 Å². The van der Waals surface area contributed by atoms with Gasteiger partial charge in [0, 0.05) is 6.92 Å². The minimum absolute atomic E-state index is 0.122. The van der Waals surface area contributed by atoms with E-state index < -0.39 is 36.7 Å². The number of nitrogens with one attached hydrogen (secondary N) is 2. The van der Waals surface area contributed by atoms with Gasteiger partial charge in [-0.1, -0.05) is 32.0 Å². The van der Waals surface area contributed by atoms with Gasteiger partial charge in [0.05, 0.1) is 0 Å². The SMILES string of the molecule is Cc1ccccc1OCC(=O)NC(CC(C)C)C(=O)NCC(=O)OC(C)OC=O. The molecule has 0 fully saturated rings. The molecule has 1 aromatic rings. The molecular formula is C20H28N2O7. The summed E-state index contributed by atoms with van der Waals surface area (Å²) in [6.45, 7) is 6.53. The maximum absolute atomic E-state index is 12.4. The average molecular weight is 408 g/mol. The van der Waals surface area contributed by atoms with Gasteiger partial charge < -0.3 is 24.8 Å². The number of ether oxygens (including phenoxy) is 3. The molecule has 0 saturated carbocycles. The predicted octanol–water partition coefficient (Wildman–Crippen LogP) is 1.08. The number of para-hydroxylation sites is 1. The highest BCUT2D eigenvalue weighted by atomic mass is 16.7. The van der Waals surface area contributed by atoms with Crippen molar-refractivity contribution in [2.24, 2.45) is 5.92 Å². The van der Waals surface area contributed by atoms with Crippen LogP contribution in [0.5, 0.6) is 5.75 Å². The van der Waals surface area contributed by atoms with Crippen LogP contribution in [0.1, 0.15) is 32.8 Å². The van der Waals surface area contributed by atoms with Crippen LogP contribution in [0.3, 0.4) is 0 Å². The highest BCUT2D eigenvalue weighted by Gasteiger charge is 2.23. The van der Waals surface area contributed by atoms with Gasteiger partial charge in [0.25, 0.3) is 12.4 Å². The van der Waals surface area contributed by atoms with Gasteiger partial charge in [-0.25, -0.2) is 0 Å². The first-order chi connectivity index (χ1) is 13.7. The van der Waals surface area contributed by atoms with E-state index in [9.17, 15) is 19.2 Å². The molecule has 0 saturated heterocycles. The monoisotopic (exact) mass is 408 g/mol. The van der Waals surface area contributed by atoms with Crippen molar-refractivity contribution in [1.29, 1.82) is 0 Å². The highest BCUT2D eigenvalue weighted by molar-refractivity contribution is 5.90. The molecule has 0 heterocycles. The van der Waals surface area contributed by atoms with Crippen LogP contribution in [-0.2, 0) is 28.7 Å². The first-order valence-corrected chi connectivity index (χ1v) is 9.27. The number of amides is 2.